The predicted octanol–water partition coefficient (Wildman–Crippen LogP) is 3.98. The molecule has 1 unspecified atom stereocenters. The molecule has 21 heavy (non-hydrogen) atoms. The van der Waals surface area contributed by atoms with E-state index in [2.05, 4.69) is 0 Å². The zero-order valence-corrected chi connectivity index (χ0v) is 12.5. The summed E-state index contributed by atoms with van der Waals surface area (Å²) in [6.07, 6.45) is -1.35. The minimum atomic E-state index is -1.35. The number of hydrogen-bond donors (Lipinski definition) is 1. The van der Waals surface area contributed by atoms with E-state index >= 15 is 0 Å². The van der Waals surface area contributed by atoms with Crippen LogP contribution in [0.25, 0.3) is 0 Å². The summed E-state index contributed by atoms with van der Waals surface area (Å²) in [6.45, 7) is 5.19. The summed E-state index contributed by atoms with van der Waals surface area (Å²) in [7, 11) is 1.56. The van der Waals surface area contributed by atoms with Crippen molar-refractivity contribution in [1.29, 1.82) is 0 Å². The lowest BCUT2D eigenvalue weighted by atomic mass is 9.95. The highest BCUT2D eigenvalue weighted by Gasteiger charge is 2.22. The van der Waals surface area contributed by atoms with Gasteiger partial charge in [-0.05, 0) is 61.2 Å². The van der Waals surface area contributed by atoms with E-state index in [0.29, 0.717) is 16.9 Å². The van der Waals surface area contributed by atoms with Gasteiger partial charge in [0.05, 0.1) is 12.7 Å². The van der Waals surface area contributed by atoms with E-state index in [-0.39, 0.29) is 5.56 Å². The van der Waals surface area contributed by atoms with Crippen LogP contribution in [0, 0.1) is 32.4 Å². The molecule has 0 aliphatic carbocycles. The van der Waals surface area contributed by atoms with Gasteiger partial charge in [-0.3, -0.25) is 0 Å². The van der Waals surface area contributed by atoms with Crippen LogP contribution in [-0.2, 0) is 0 Å². The third-order valence-electron chi connectivity index (χ3n) is 3.60. The molecule has 2 rings (SSSR count). The fourth-order valence-corrected chi connectivity index (χ4v) is 2.56. The van der Waals surface area contributed by atoms with Crippen molar-refractivity contribution in [3.63, 3.8) is 0 Å². The standard InChI is InChI=1S/C17H18F2O2/c1-9-5-6-13(18)14(15(9)19)16(20)12-7-10(2)17(21-4)11(3)8-12/h5-8,16,20H,1-4H3. The van der Waals surface area contributed by atoms with Crippen molar-refractivity contribution < 1.29 is 18.6 Å². The van der Waals surface area contributed by atoms with Crippen LogP contribution in [0.15, 0.2) is 24.3 Å². The molecule has 0 spiro atoms. The molecule has 1 atom stereocenters. The lowest BCUT2D eigenvalue weighted by molar-refractivity contribution is 0.208. The van der Waals surface area contributed by atoms with Gasteiger partial charge in [0.2, 0.25) is 0 Å². The Balaban J connectivity index is 2.56. The first kappa shape index (κ1) is 15.4. The molecule has 4 heteroatoms. The first-order valence-corrected chi connectivity index (χ1v) is 6.64. The van der Waals surface area contributed by atoms with Crippen LogP contribution in [0.2, 0.25) is 0 Å². The van der Waals surface area contributed by atoms with E-state index in [9.17, 15) is 13.9 Å². The van der Waals surface area contributed by atoms with Gasteiger partial charge >= 0.3 is 0 Å². The van der Waals surface area contributed by atoms with E-state index in [0.717, 1.165) is 11.1 Å². The molecule has 0 radical (unpaired) electrons. The molecule has 0 aliphatic rings. The maximum Gasteiger partial charge on any atom is 0.135 e. The van der Waals surface area contributed by atoms with Crippen LogP contribution in [0.3, 0.4) is 0 Å². The third-order valence-corrected chi connectivity index (χ3v) is 3.60. The molecule has 0 saturated carbocycles. The topological polar surface area (TPSA) is 29.5 Å². The van der Waals surface area contributed by atoms with Gasteiger partial charge in [0.25, 0.3) is 0 Å². The molecule has 0 saturated heterocycles. The van der Waals surface area contributed by atoms with E-state index in [1.165, 1.54) is 19.1 Å². The quantitative estimate of drug-likeness (QED) is 0.927. The second-order valence-electron chi connectivity index (χ2n) is 5.18. The van der Waals surface area contributed by atoms with Crippen molar-refractivity contribution in [3.8, 4) is 5.75 Å². The van der Waals surface area contributed by atoms with Gasteiger partial charge in [0.1, 0.15) is 23.5 Å². The highest BCUT2D eigenvalue weighted by molar-refractivity contribution is 5.46. The Morgan fingerprint density at radius 3 is 2.10 bits per heavy atom. The molecule has 2 aromatic rings. The predicted molar refractivity (Wildman–Crippen MR) is 77.6 cm³/mol. The summed E-state index contributed by atoms with van der Waals surface area (Å²) < 4.78 is 33.3. The van der Waals surface area contributed by atoms with Gasteiger partial charge < -0.3 is 9.84 Å². The Hall–Kier alpha value is -1.94. The molecule has 0 aliphatic heterocycles. The fraction of sp³-hybridized carbons (Fsp3) is 0.294. The Kier molecular flexibility index (Phi) is 4.28. The van der Waals surface area contributed by atoms with E-state index < -0.39 is 17.7 Å². The molecule has 2 nitrogen and oxygen atoms in total. The van der Waals surface area contributed by atoms with Gasteiger partial charge in [-0.1, -0.05) is 6.07 Å². The second-order valence-corrected chi connectivity index (χ2v) is 5.18. The molecule has 2 aromatic carbocycles. The zero-order chi connectivity index (χ0) is 15.7. The summed E-state index contributed by atoms with van der Waals surface area (Å²) in [5, 5.41) is 10.4. The van der Waals surface area contributed by atoms with E-state index in [4.69, 9.17) is 4.74 Å². The molecular weight excluding hydrogens is 274 g/mol. The van der Waals surface area contributed by atoms with Gasteiger partial charge in [-0.2, -0.15) is 0 Å². The van der Waals surface area contributed by atoms with Crippen LogP contribution in [0.5, 0.6) is 5.75 Å². The number of benzene rings is 2. The number of rotatable bonds is 3. The average Bonchev–Trinajstić information content (AvgIpc) is 2.43. The van der Waals surface area contributed by atoms with Crippen LogP contribution in [-0.4, -0.2) is 12.2 Å². The maximum absolute atomic E-state index is 14.1. The van der Waals surface area contributed by atoms with Crippen LogP contribution in [0.4, 0.5) is 8.78 Å². The lowest BCUT2D eigenvalue weighted by Crippen LogP contribution is -2.08. The summed E-state index contributed by atoms with van der Waals surface area (Å²) in [5.74, 6) is -0.763. The number of aryl methyl sites for hydroxylation is 3. The summed E-state index contributed by atoms with van der Waals surface area (Å²) in [4.78, 5) is 0. The number of aliphatic hydroxyl groups is 1. The zero-order valence-electron chi connectivity index (χ0n) is 12.5. The average molecular weight is 292 g/mol. The Labute approximate surface area is 123 Å². The van der Waals surface area contributed by atoms with Crippen LogP contribution < -0.4 is 4.74 Å². The molecular formula is C17H18F2O2. The molecule has 1 N–H and O–H groups in total. The van der Waals surface area contributed by atoms with E-state index in [1.54, 1.807) is 19.2 Å². The number of aliphatic hydroxyl groups excluding tert-OH is 1. The molecule has 0 amide bonds. The number of hydrogen-bond acceptors (Lipinski definition) is 2. The van der Waals surface area contributed by atoms with Gasteiger partial charge in [-0.25, -0.2) is 8.78 Å². The summed E-state index contributed by atoms with van der Waals surface area (Å²) in [5.41, 5.74) is 2.03. The Morgan fingerprint density at radius 1 is 1.00 bits per heavy atom. The number of ether oxygens (including phenoxy) is 1. The second kappa shape index (κ2) is 5.82. The molecule has 0 fully saturated rings. The molecule has 112 valence electrons. The minimum absolute atomic E-state index is 0.299. The van der Waals surface area contributed by atoms with Crippen LogP contribution in [0.1, 0.15) is 33.9 Å². The normalized spacial score (nSPS) is 12.3. The third kappa shape index (κ3) is 2.76. The molecule has 0 bridgehead atoms. The number of halogens is 2. The van der Waals surface area contributed by atoms with Crippen molar-refractivity contribution in [1.82, 2.24) is 0 Å². The highest BCUT2D eigenvalue weighted by atomic mass is 19.1. The first-order valence-electron chi connectivity index (χ1n) is 6.64. The summed E-state index contributed by atoms with van der Waals surface area (Å²) in [6, 6.07) is 5.88. The largest absolute Gasteiger partial charge is 0.496 e. The minimum Gasteiger partial charge on any atom is -0.496 e. The van der Waals surface area contributed by atoms with Gasteiger partial charge in [-0.15, -0.1) is 0 Å². The van der Waals surface area contributed by atoms with Crippen LogP contribution >= 0.6 is 0 Å². The van der Waals surface area contributed by atoms with E-state index in [1.807, 2.05) is 13.8 Å². The fourth-order valence-electron chi connectivity index (χ4n) is 2.56. The van der Waals surface area contributed by atoms with Crippen molar-refractivity contribution in [2.75, 3.05) is 7.11 Å². The monoisotopic (exact) mass is 292 g/mol. The molecule has 0 heterocycles. The smallest absolute Gasteiger partial charge is 0.135 e. The SMILES string of the molecule is COc1c(C)cc(C(O)c2c(F)ccc(C)c2F)cc1C. The van der Waals surface area contributed by atoms with Gasteiger partial charge in [0, 0.05) is 0 Å². The van der Waals surface area contributed by atoms with Crippen molar-refractivity contribution in [2.45, 2.75) is 26.9 Å². The molecule has 0 aromatic heterocycles. The number of methoxy groups -OCH3 is 1. The summed E-state index contributed by atoms with van der Waals surface area (Å²) >= 11 is 0. The lowest BCUT2D eigenvalue weighted by Gasteiger charge is -2.17. The maximum atomic E-state index is 14.1. The van der Waals surface area contributed by atoms with Crippen molar-refractivity contribution >= 4 is 0 Å². The van der Waals surface area contributed by atoms with Gasteiger partial charge in [0.15, 0.2) is 0 Å². The first-order chi connectivity index (χ1) is 9.86. The van der Waals surface area contributed by atoms with Crippen molar-refractivity contribution in [2.24, 2.45) is 0 Å². The van der Waals surface area contributed by atoms with Crippen molar-refractivity contribution in [3.05, 3.63) is 63.7 Å². The Bertz CT molecular complexity index is 658. The highest BCUT2D eigenvalue weighted by Crippen LogP contribution is 2.32. The Morgan fingerprint density at radius 2 is 1.57 bits per heavy atom.